The highest BCUT2D eigenvalue weighted by atomic mass is 35.5. The molecule has 4 N–H and O–H groups in total. The lowest BCUT2D eigenvalue weighted by atomic mass is 10.1. The Morgan fingerprint density at radius 3 is 2.21 bits per heavy atom. The molecule has 0 aliphatic heterocycles. The number of halogens is 2. The zero-order valence-corrected chi connectivity index (χ0v) is 17.4. The van der Waals surface area contributed by atoms with Crippen molar-refractivity contribution in [2.75, 3.05) is 11.9 Å². The van der Waals surface area contributed by atoms with E-state index < -0.39 is 0 Å². The standard InChI is InChI=1S/C22H28FN3O2.ClH/c1-16(25-21(27)6-4-2-3-5-15-24)17-9-13-20(14-10-17)26-22(28)18-7-11-19(23)12-8-18;/h7-14,16H,2-6,15,24H2,1H3,(H,25,27)(H,26,28);1H. The van der Waals surface area contributed by atoms with Gasteiger partial charge < -0.3 is 16.4 Å². The Hall–Kier alpha value is -2.44. The third-order valence-electron chi connectivity index (χ3n) is 4.51. The van der Waals surface area contributed by atoms with Crippen LogP contribution in [0.1, 0.15) is 61.0 Å². The number of nitrogens with one attached hydrogen (secondary N) is 2. The van der Waals surface area contributed by atoms with Gasteiger partial charge in [0.25, 0.3) is 5.91 Å². The molecule has 2 rings (SSSR count). The van der Waals surface area contributed by atoms with Crippen molar-refractivity contribution in [3.05, 3.63) is 65.5 Å². The van der Waals surface area contributed by atoms with Crippen molar-refractivity contribution in [3.8, 4) is 0 Å². The van der Waals surface area contributed by atoms with Gasteiger partial charge in [0.2, 0.25) is 5.91 Å². The number of unbranched alkanes of at least 4 members (excludes halogenated alkanes) is 3. The Kier molecular flexibility index (Phi) is 10.9. The van der Waals surface area contributed by atoms with Crippen LogP contribution >= 0.6 is 12.4 Å². The van der Waals surface area contributed by atoms with Gasteiger partial charge in [-0.15, -0.1) is 12.4 Å². The zero-order valence-electron chi connectivity index (χ0n) is 16.6. The monoisotopic (exact) mass is 421 g/mol. The topological polar surface area (TPSA) is 84.2 Å². The molecule has 0 bridgehead atoms. The molecule has 0 fully saturated rings. The molecule has 0 aromatic heterocycles. The van der Waals surface area contributed by atoms with Gasteiger partial charge in [0.15, 0.2) is 0 Å². The molecule has 0 aliphatic rings. The van der Waals surface area contributed by atoms with Gasteiger partial charge in [-0.05, 0) is 68.3 Å². The summed E-state index contributed by atoms with van der Waals surface area (Å²) < 4.78 is 12.9. The maximum Gasteiger partial charge on any atom is 0.255 e. The molecule has 29 heavy (non-hydrogen) atoms. The van der Waals surface area contributed by atoms with Gasteiger partial charge in [-0.1, -0.05) is 25.0 Å². The summed E-state index contributed by atoms with van der Waals surface area (Å²) in [5.41, 5.74) is 7.43. The third-order valence-corrected chi connectivity index (χ3v) is 4.51. The summed E-state index contributed by atoms with van der Waals surface area (Å²) in [5, 5.41) is 5.76. The summed E-state index contributed by atoms with van der Waals surface area (Å²) in [7, 11) is 0. The van der Waals surface area contributed by atoms with Crippen LogP contribution in [0.25, 0.3) is 0 Å². The van der Waals surface area contributed by atoms with Crippen LogP contribution < -0.4 is 16.4 Å². The zero-order chi connectivity index (χ0) is 20.4. The Bertz CT molecular complexity index is 767. The molecule has 5 nitrogen and oxygen atoms in total. The molecular formula is C22H29ClFN3O2. The molecule has 0 spiro atoms. The SMILES string of the molecule is CC(NC(=O)CCCCCCN)c1ccc(NC(=O)c2ccc(F)cc2)cc1.Cl. The van der Waals surface area contributed by atoms with Gasteiger partial charge >= 0.3 is 0 Å². The lowest BCUT2D eigenvalue weighted by Gasteiger charge is -2.15. The molecule has 0 aliphatic carbocycles. The number of carbonyl (C=O) groups is 2. The second-order valence-electron chi connectivity index (χ2n) is 6.83. The van der Waals surface area contributed by atoms with E-state index in [9.17, 15) is 14.0 Å². The van der Waals surface area contributed by atoms with Gasteiger partial charge in [-0.25, -0.2) is 4.39 Å². The lowest BCUT2D eigenvalue weighted by Crippen LogP contribution is -2.26. The fourth-order valence-electron chi connectivity index (χ4n) is 2.84. The summed E-state index contributed by atoms with van der Waals surface area (Å²) in [6.07, 6.45) is 4.46. The number of benzene rings is 2. The second kappa shape index (κ2) is 12.9. The van der Waals surface area contributed by atoms with E-state index in [4.69, 9.17) is 5.73 Å². The summed E-state index contributed by atoms with van der Waals surface area (Å²) in [5.74, 6) is -0.648. The minimum Gasteiger partial charge on any atom is -0.350 e. The van der Waals surface area contributed by atoms with Crippen LogP contribution in [0.15, 0.2) is 48.5 Å². The van der Waals surface area contributed by atoms with Crippen molar-refractivity contribution in [1.29, 1.82) is 0 Å². The fourth-order valence-corrected chi connectivity index (χ4v) is 2.84. The number of amides is 2. The van der Waals surface area contributed by atoms with E-state index in [1.54, 1.807) is 12.1 Å². The van der Waals surface area contributed by atoms with E-state index in [-0.39, 0.29) is 36.1 Å². The van der Waals surface area contributed by atoms with Crippen molar-refractivity contribution in [1.82, 2.24) is 5.32 Å². The third kappa shape index (κ3) is 8.62. The maximum absolute atomic E-state index is 12.9. The van der Waals surface area contributed by atoms with Crippen molar-refractivity contribution in [3.63, 3.8) is 0 Å². The van der Waals surface area contributed by atoms with Gasteiger partial charge in [-0.2, -0.15) is 0 Å². The van der Waals surface area contributed by atoms with Crippen molar-refractivity contribution < 1.29 is 14.0 Å². The Labute approximate surface area is 177 Å². The predicted molar refractivity (Wildman–Crippen MR) is 117 cm³/mol. The minimum atomic E-state index is -0.382. The van der Waals surface area contributed by atoms with Crippen LogP contribution in [0.4, 0.5) is 10.1 Å². The number of anilines is 1. The maximum atomic E-state index is 12.9. The molecule has 7 heteroatoms. The average molecular weight is 422 g/mol. The largest absolute Gasteiger partial charge is 0.350 e. The van der Waals surface area contributed by atoms with Crippen molar-refractivity contribution >= 4 is 29.9 Å². The van der Waals surface area contributed by atoms with E-state index in [1.165, 1.54) is 24.3 Å². The van der Waals surface area contributed by atoms with Crippen LogP contribution in [0.3, 0.4) is 0 Å². The van der Waals surface area contributed by atoms with E-state index in [1.807, 2.05) is 19.1 Å². The number of carbonyl (C=O) groups excluding carboxylic acids is 2. The minimum absolute atomic E-state index is 0. The van der Waals surface area contributed by atoms with Crippen LogP contribution in [0, 0.1) is 5.82 Å². The van der Waals surface area contributed by atoms with Gasteiger partial charge in [0.05, 0.1) is 6.04 Å². The Balaban J connectivity index is 0.00000420. The van der Waals surface area contributed by atoms with Gasteiger partial charge in [0, 0.05) is 17.7 Å². The molecule has 0 radical (unpaired) electrons. The first-order chi connectivity index (χ1) is 13.5. The number of rotatable bonds is 10. The molecular weight excluding hydrogens is 393 g/mol. The second-order valence-corrected chi connectivity index (χ2v) is 6.83. The van der Waals surface area contributed by atoms with Crippen LogP contribution in [0.5, 0.6) is 0 Å². The normalized spacial score (nSPS) is 11.3. The lowest BCUT2D eigenvalue weighted by molar-refractivity contribution is -0.121. The molecule has 2 aromatic carbocycles. The number of nitrogens with two attached hydrogens (primary N) is 1. The molecule has 1 unspecified atom stereocenters. The number of hydrogen-bond acceptors (Lipinski definition) is 3. The highest BCUT2D eigenvalue weighted by Crippen LogP contribution is 2.17. The first kappa shape index (κ1) is 24.6. The molecule has 0 saturated heterocycles. The molecule has 158 valence electrons. The molecule has 2 amide bonds. The summed E-state index contributed by atoms with van der Waals surface area (Å²) in [6, 6.07) is 12.6. The highest BCUT2D eigenvalue weighted by Gasteiger charge is 2.10. The Morgan fingerprint density at radius 1 is 0.966 bits per heavy atom. The molecule has 0 saturated carbocycles. The van der Waals surface area contributed by atoms with Gasteiger partial charge in [0.1, 0.15) is 5.82 Å². The predicted octanol–water partition coefficient (Wildman–Crippen LogP) is 4.59. The summed E-state index contributed by atoms with van der Waals surface area (Å²) >= 11 is 0. The van der Waals surface area contributed by atoms with Crippen LogP contribution in [0.2, 0.25) is 0 Å². The highest BCUT2D eigenvalue weighted by molar-refractivity contribution is 6.04. The summed E-state index contributed by atoms with van der Waals surface area (Å²) in [6.45, 7) is 2.63. The first-order valence-electron chi connectivity index (χ1n) is 9.66. The van der Waals surface area contributed by atoms with Gasteiger partial charge in [-0.3, -0.25) is 9.59 Å². The molecule has 1 atom stereocenters. The van der Waals surface area contributed by atoms with Crippen molar-refractivity contribution in [2.45, 2.75) is 45.1 Å². The van der Waals surface area contributed by atoms with E-state index >= 15 is 0 Å². The first-order valence-corrected chi connectivity index (χ1v) is 9.66. The Morgan fingerprint density at radius 2 is 1.59 bits per heavy atom. The molecule has 0 heterocycles. The van der Waals surface area contributed by atoms with Crippen LogP contribution in [-0.2, 0) is 4.79 Å². The summed E-state index contributed by atoms with van der Waals surface area (Å²) in [4.78, 5) is 24.2. The fraction of sp³-hybridized carbons (Fsp3) is 0.364. The van der Waals surface area contributed by atoms with Crippen molar-refractivity contribution in [2.24, 2.45) is 5.73 Å². The average Bonchev–Trinajstić information content (AvgIpc) is 2.68. The van der Waals surface area contributed by atoms with Crippen LogP contribution in [-0.4, -0.2) is 18.4 Å². The van der Waals surface area contributed by atoms with E-state index in [2.05, 4.69) is 10.6 Å². The molecule has 2 aromatic rings. The quantitative estimate of drug-likeness (QED) is 0.490. The van der Waals surface area contributed by atoms with E-state index in [0.29, 0.717) is 24.2 Å². The number of hydrogen-bond donors (Lipinski definition) is 3. The smallest absolute Gasteiger partial charge is 0.255 e. The van der Waals surface area contributed by atoms with E-state index in [0.717, 1.165) is 31.2 Å².